The molecule has 0 bridgehead atoms. The van der Waals surface area contributed by atoms with Crippen molar-refractivity contribution in [3.05, 3.63) is 17.3 Å². The topological polar surface area (TPSA) is 29.0 Å². The minimum atomic E-state index is -2.38. The predicted octanol–water partition coefficient (Wildman–Crippen LogP) is 3.72. The Hall–Kier alpha value is -0.820. The van der Waals surface area contributed by atoms with E-state index in [1.54, 1.807) is 16.2 Å². The van der Waals surface area contributed by atoms with E-state index in [0.29, 0.717) is 17.7 Å². The zero-order valence-electron chi connectivity index (χ0n) is 10.4. The van der Waals surface area contributed by atoms with Gasteiger partial charge in [-0.25, -0.2) is 18.7 Å². The van der Waals surface area contributed by atoms with Crippen LogP contribution in [0.2, 0.25) is 0 Å². The van der Waals surface area contributed by atoms with E-state index >= 15 is 0 Å². The van der Waals surface area contributed by atoms with Crippen molar-refractivity contribution >= 4 is 43.3 Å². The molecule has 0 fully saturated rings. The number of halogens is 3. The van der Waals surface area contributed by atoms with E-state index in [-0.39, 0.29) is 6.54 Å². The second-order valence-corrected chi connectivity index (χ2v) is 5.92. The molecular weight excluding hydrogens is 336 g/mol. The summed E-state index contributed by atoms with van der Waals surface area (Å²) in [4.78, 5) is 12.1. The highest BCUT2D eigenvalue weighted by atomic mass is 79.9. The molecule has 0 N–H and O–H groups in total. The molecule has 0 aliphatic carbocycles. The van der Waals surface area contributed by atoms with Gasteiger partial charge in [0.05, 0.1) is 11.9 Å². The summed E-state index contributed by atoms with van der Waals surface area (Å²) in [5, 5.41) is 1.49. The summed E-state index contributed by atoms with van der Waals surface area (Å²) >= 11 is 4.88. The molecule has 19 heavy (non-hydrogen) atoms. The van der Waals surface area contributed by atoms with Crippen molar-refractivity contribution in [2.75, 3.05) is 23.3 Å². The third kappa shape index (κ3) is 3.39. The van der Waals surface area contributed by atoms with Gasteiger partial charge in [-0.3, -0.25) is 0 Å². The number of alkyl halides is 3. The molecule has 104 valence electrons. The summed E-state index contributed by atoms with van der Waals surface area (Å²) < 4.78 is 25.3. The molecule has 0 saturated carbocycles. The lowest BCUT2D eigenvalue weighted by Crippen LogP contribution is -2.31. The summed E-state index contributed by atoms with van der Waals surface area (Å²) in [5.41, 5.74) is 0. The number of fused-ring (bicyclic) bond motifs is 1. The van der Waals surface area contributed by atoms with E-state index < -0.39 is 6.43 Å². The first-order valence-corrected chi connectivity index (χ1v) is 7.92. The summed E-state index contributed by atoms with van der Waals surface area (Å²) in [6.07, 6.45) is -0.0259. The number of hydrogen-bond acceptors (Lipinski definition) is 4. The number of anilines is 1. The highest BCUT2D eigenvalue weighted by Gasteiger charge is 2.17. The van der Waals surface area contributed by atoms with Gasteiger partial charge >= 0.3 is 0 Å². The van der Waals surface area contributed by atoms with Crippen LogP contribution in [-0.2, 0) is 6.42 Å². The highest BCUT2D eigenvalue weighted by molar-refractivity contribution is 9.09. The number of nitrogens with zero attached hydrogens (tertiary/aromatic N) is 3. The summed E-state index contributed by atoms with van der Waals surface area (Å²) in [5.74, 6) is 0.598. The van der Waals surface area contributed by atoms with Gasteiger partial charge in [0, 0.05) is 16.8 Å². The van der Waals surface area contributed by atoms with E-state index in [0.717, 1.165) is 16.6 Å². The summed E-state index contributed by atoms with van der Waals surface area (Å²) in [6, 6.07) is 2.00. The van der Waals surface area contributed by atoms with Gasteiger partial charge in [-0.15, -0.1) is 11.3 Å². The normalized spacial score (nSPS) is 11.4. The molecule has 0 unspecified atom stereocenters. The van der Waals surface area contributed by atoms with Gasteiger partial charge in [-0.1, -0.05) is 22.9 Å². The molecule has 0 atom stereocenters. The molecule has 2 aromatic rings. The quantitative estimate of drug-likeness (QED) is 0.744. The van der Waals surface area contributed by atoms with Gasteiger partial charge in [0.2, 0.25) is 0 Å². The summed E-state index contributed by atoms with van der Waals surface area (Å²) in [6.45, 7) is 2.25. The van der Waals surface area contributed by atoms with Crippen molar-refractivity contribution in [3.8, 4) is 0 Å². The zero-order valence-corrected chi connectivity index (χ0v) is 12.8. The van der Waals surface area contributed by atoms with Crippen molar-refractivity contribution in [2.24, 2.45) is 0 Å². The average molecular weight is 350 g/mol. The fourth-order valence-corrected chi connectivity index (χ4v) is 3.23. The van der Waals surface area contributed by atoms with Crippen LogP contribution in [0.4, 0.5) is 14.6 Å². The average Bonchev–Trinajstić information content (AvgIpc) is 2.80. The van der Waals surface area contributed by atoms with E-state index in [1.165, 1.54) is 11.2 Å². The molecule has 0 amide bonds. The van der Waals surface area contributed by atoms with Gasteiger partial charge in [0.15, 0.2) is 0 Å². The predicted molar refractivity (Wildman–Crippen MR) is 78.8 cm³/mol. The Labute approximate surface area is 122 Å². The SMILES string of the molecule is CCc1cc2c(N(CCBr)CC(F)F)ncnc2s1. The van der Waals surface area contributed by atoms with Crippen LogP contribution in [0.15, 0.2) is 12.4 Å². The lowest BCUT2D eigenvalue weighted by molar-refractivity contribution is 0.155. The largest absolute Gasteiger partial charge is 0.349 e. The van der Waals surface area contributed by atoms with Gasteiger partial charge in [-0.05, 0) is 12.5 Å². The van der Waals surface area contributed by atoms with Crippen LogP contribution in [0.1, 0.15) is 11.8 Å². The minimum Gasteiger partial charge on any atom is -0.349 e. The smallest absolute Gasteiger partial charge is 0.255 e. The number of rotatable bonds is 6. The first-order valence-electron chi connectivity index (χ1n) is 5.98. The van der Waals surface area contributed by atoms with E-state index in [9.17, 15) is 8.78 Å². The van der Waals surface area contributed by atoms with Crippen molar-refractivity contribution in [3.63, 3.8) is 0 Å². The number of hydrogen-bond donors (Lipinski definition) is 0. The van der Waals surface area contributed by atoms with Gasteiger partial charge < -0.3 is 4.90 Å². The molecule has 0 radical (unpaired) electrons. The lowest BCUT2D eigenvalue weighted by atomic mass is 10.3. The molecular formula is C12H14BrF2N3S. The molecule has 2 aromatic heterocycles. The van der Waals surface area contributed by atoms with Crippen LogP contribution < -0.4 is 4.90 Å². The van der Waals surface area contributed by atoms with E-state index in [4.69, 9.17) is 0 Å². The molecule has 0 aromatic carbocycles. The molecule has 0 spiro atoms. The van der Waals surface area contributed by atoms with Crippen LogP contribution in [-0.4, -0.2) is 34.8 Å². The Morgan fingerprint density at radius 2 is 2.21 bits per heavy atom. The van der Waals surface area contributed by atoms with Crippen LogP contribution in [0, 0.1) is 0 Å². The zero-order chi connectivity index (χ0) is 13.8. The third-order valence-corrected chi connectivity index (χ3v) is 4.26. The van der Waals surface area contributed by atoms with E-state index in [2.05, 4.69) is 32.8 Å². The Bertz CT molecular complexity index is 547. The Kier molecular flexibility index (Phi) is 5.04. The Morgan fingerprint density at radius 3 is 2.84 bits per heavy atom. The number of thiophene rings is 1. The maximum atomic E-state index is 12.7. The van der Waals surface area contributed by atoms with Gasteiger partial charge in [0.25, 0.3) is 6.43 Å². The fourth-order valence-electron chi connectivity index (χ4n) is 1.87. The van der Waals surface area contributed by atoms with E-state index in [1.807, 2.05) is 6.07 Å². The first-order chi connectivity index (χ1) is 9.15. The van der Waals surface area contributed by atoms with Crippen LogP contribution in [0.5, 0.6) is 0 Å². The second kappa shape index (κ2) is 6.56. The van der Waals surface area contributed by atoms with Crippen molar-refractivity contribution < 1.29 is 8.78 Å². The van der Waals surface area contributed by atoms with Crippen molar-refractivity contribution in [2.45, 2.75) is 19.8 Å². The fraction of sp³-hybridized carbons (Fsp3) is 0.500. The van der Waals surface area contributed by atoms with Crippen LogP contribution >= 0.6 is 27.3 Å². The van der Waals surface area contributed by atoms with Crippen LogP contribution in [0.3, 0.4) is 0 Å². The molecule has 2 heterocycles. The minimum absolute atomic E-state index is 0.310. The third-order valence-electron chi connectivity index (χ3n) is 2.72. The Balaban J connectivity index is 2.42. The van der Waals surface area contributed by atoms with Gasteiger partial charge in [0.1, 0.15) is 17.0 Å². The van der Waals surface area contributed by atoms with Gasteiger partial charge in [-0.2, -0.15) is 0 Å². The Morgan fingerprint density at radius 1 is 1.42 bits per heavy atom. The molecule has 2 rings (SSSR count). The maximum Gasteiger partial charge on any atom is 0.255 e. The molecule has 0 aliphatic rings. The molecule has 7 heteroatoms. The summed E-state index contributed by atoms with van der Waals surface area (Å²) in [7, 11) is 0. The van der Waals surface area contributed by atoms with Crippen molar-refractivity contribution in [1.82, 2.24) is 9.97 Å². The molecule has 0 saturated heterocycles. The molecule has 0 aliphatic heterocycles. The highest BCUT2D eigenvalue weighted by Crippen LogP contribution is 2.30. The molecule has 3 nitrogen and oxygen atoms in total. The maximum absolute atomic E-state index is 12.7. The van der Waals surface area contributed by atoms with Crippen molar-refractivity contribution in [1.29, 1.82) is 0 Å². The standard InChI is InChI=1S/C12H14BrF2N3S/c1-2-8-5-9-11(16-7-17-12(9)19-8)18(4-3-13)6-10(14)15/h5,7,10H,2-4,6H2,1H3. The lowest BCUT2D eigenvalue weighted by Gasteiger charge is -2.22. The second-order valence-electron chi connectivity index (χ2n) is 4.01. The van der Waals surface area contributed by atoms with Crippen LogP contribution in [0.25, 0.3) is 10.2 Å². The number of aryl methyl sites for hydroxylation is 1. The first kappa shape index (κ1) is 14.6. The monoisotopic (exact) mass is 349 g/mol. The number of aromatic nitrogens is 2.